The summed E-state index contributed by atoms with van der Waals surface area (Å²) in [5, 5.41) is 9.76. The Labute approximate surface area is 114 Å². The van der Waals surface area contributed by atoms with E-state index in [-0.39, 0.29) is 22.1 Å². The second-order valence-corrected chi connectivity index (χ2v) is 4.29. The lowest BCUT2D eigenvalue weighted by Crippen LogP contribution is -1.94. The van der Waals surface area contributed by atoms with Crippen molar-refractivity contribution in [3.63, 3.8) is 0 Å². The number of aromatic hydroxyl groups is 1. The number of carbonyl (C=O) groups excluding carboxylic acids is 1. The van der Waals surface area contributed by atoms with Crippen LogP contribution < -0.4 is 0 Å². The van der Waals surface area contributed by atoms with Crippen molar-refractivity contribution in [2.75, 3.05) is 0 Å². The molecule has 1 N–H and O–H groups in total. The third kappa shape index (κ3) is 3.20. The van der Waals surface area contributed by atoms with E-state index in [9.17, 15) is 14.3 Å². The minimum Gasteiger partial charge on any atom is -0.507 e. The Bertz CT molecular complexity index is 650. The Morgan fingerprint density at radius 2 is 1.95 bits per heavy atom. The van der Waals surface area contributed by atoms with Crippen molar-refractivity contribution in [3.05, 3.63) is 70.5 Å². The van der Waals surface area contributed by atoms with Crippen molar-refractivity contribution in [1.29, 1.82) is 0 Å². The first-order chi connectivity index (χ1) is 9.08. The highest BCUT2D eigenvalue weighted by atomic mass is 35.5. The lowest BCUT2D eigenvalue weighted by Gasteiger charge is -2.00. The van der Waals surface area contributed by atoms with Gasteiger partial charge in [0.25, 0.3) is 0 Å². The van der Waals surface area contributed by atoms with Crippen molar-refractivity contribution in [3.8, 4) is 5.75 Å². The second kappa shape index (κ2) is 5.67. The zero-order valence-electron chi connectivity index (χ0n) is 9.81. The Kier molecular flexibility index (Phi) is 3.97. The number of halogens is 2. The van der Waals surface area contributed by atoms with Crippen LogP contribution in [0.1, 0.15) is 15.9 Å². The summed E-state index contributed by atoms with van der Waals surface area (Å²) in [7, 11) is 0. The molecule has 0 fully saturated rings. The average molecular weight is 277 g/mol. The van der Waals surface area contributed by atoms with Crippen molar-refractivity contribution in [1.82, 2.24) is 0 Å². The number of phenols is 1. The van der Waals surface area contributed by atoms with Gasteiger partial charge in [0.05, 0.1) is 10.6 Å². The smallest absolute Gasteiger partial charge is 0.189 e. The molecule has 0 radical (unpaired) electrons. The summed E-state index contributed by atoms with van der Waals surface area (Å²) in [5.41, 5.74) is 0.740. The minimum absolute atomic E-state index is 0.0812. The van der Waals surface area contributed by atoms with Gasteiger partial charge in [-0.05, 0) is 42.0 Å². The Balaban J connectivity index is 2.24. The highest BCUT2D eigenvalue weighted by molar-refractivity contribution is 6.32. The molecule has 0 aliphatic carbocycles. The van der Waals surface area contributed by atoms with Crippen LogP contribution >= 0.6 is 11.6 Å². The summed E-state index contributed by atoms with van der Waals surface area (Å²) in [5.74, 6) is -0.866. The maximum absolute atomic E-state index is 12.9. The topological polar surface area (TPSA) is 37.3 Å². The Hall–Kier alpha value is -2.13. The summed E-state index contributed by atoms with van der Waals surface area (Å²) >= 11 is 5.84. The van der Waals surface area contributed by atoms with E-state index in [0.717, 1.165) is 0 Å². The van der Waals surface area contributed by atoms with Crippen molar-refractivity contribution >= 4 is 23.5 Å². The first-order valence-corrected chi connectivity index (χ1v) is 5.91. The SMILES string of the molecule is O=C(C=Cc1ccc(F)cc1Cl)c1ccccc1O. The normalized spacial score (nSPS) is 10.8. The number of hydrogen-bond donors (Lipinski definition) is 1. The fraction of sp³-hybridized carbons (Fsp3) is 0. The van der Waals surface area contributed by atoms with Gasteiger partial charge in [0.1, 0.15) is 11.6 Å². The standard InChI is InChI=1S/C15H10ClFO2/c16-13-9-11(17)7-5-10(13)6-8-15(19)12-3-1-2-4-14(12)18/h1-9,18H. The molecule has 0 heterocycles. The third-order valence-electron chi connectivity index (χ3n) is 2.55. The first-order valence-electron chi connectivity index (χ1n) is 5.53. The molecule has 0 aliphatic rings. The van der Waals surface area contributed by atoms with Crippen LogP contribution in [0.25, 0.3) is 6.08 Å². The van der Waals surface area contributed by atoms with Crippen LogP contribution in [-0.2, 0) is 0 Å². The van der Waals surface area contributed by atoms with Gasteiger partial charge < -0.3 is 5.11 Å². The maximum atomic E-state index is 12.9. The summed E-state index contributed by atoms with van der Waals surface area (Å²) in [4.78, 5) is 11.9. The number of carbonyl (C=O) groups is 1. The number of ketones is 1. The van der Waals surface area contributed by atoms with Crippen LogP contribution in [0.5, 0.6) is 5.75 Å². The van der Waals surface area contributed by atoms with Crippen molar-refractivity contribution in [2.45, 2.75) is 0 Å². The largest absolute Gasteiger partial charge is 0.507 e. The minimum atomic E-state index is -0.436. The van der Waals surface area contributed by atoms with Crippen LogP contribution in [-0.4, -0.2) is 10.9 Å². The highest BCUT2D eigenvalue weighted by Crippen LogP contribution is 2.20. The maximum Gasteiger partial charge on any atom is 0.189 e. The summed E-state index contributed by atoms with van der Waals surface area (Å²) in [6.45, 7) is 0. The van der Waals surface area contributed by atoms with Crippen molar-refractivity contribution < 1.29 is 14.3 Å². The summed E-state index contributed by atoms with van der Waals surface area (Å²) in [6, 6.07) is 10.2. The van der Waals surface area contributed by atoms with Gasteiger partial charge >= 0.3 is 0 Å². The van der Waals surface area contributed by atoms with Crippen LogP contribution in [0.3, 0.4) is 0 Å². The van der Waals surface area contributed by atoms with E-state index in [1.165, 1.54) is 42.5 Å². The molecule has 0 aromatic heterocycles. The fourth-order valence-electron chi connectivity index (χ4n) is 1.57. The zero-order valence-corrected chi connectivity index (χ0v) is 10.6. The summed E-state index contributed by atoms with van der Waals surface area (Å²) in [6.07, 6.45) is 2.77. The number of benzene rings is 2. The zero-order chi connectivity index (χ0) is 13.8. The number of phenolic OH excluding ortho intramolecular Hbond substituents is 1. The number of hydrogen-bond acceptors (Lipinski definition) is 2. The molecule has 2 nitrogen and oxygen atoms in total. The highest BCUT2D eigenvalue weighted by Gasteiger charge is 2.07. The van der Waals surface area contributed by atoms with Crippen molar-refractivity contribution in [2.24, 2.45) is 0 Å². The van der Waals surface area contributed by atoms with Gasteiger partial charge in [0, 0.05) is 0 Å². The van der Waals surface area contributed by atoms with E-state index < -0.39 is 5.82 Å². The van der Waals surface area contributed by atoms with E-state index in [4.69, 9.17) is 11.6 Å². The average Bonchev–Trinajstić information content (AvgIpc) is 2.38. The lowest BCUT2D eigenvalue weighted by atomic mass is 10.1. The fourth-order valence-corrected chi connectivity index (χ4v) is 1.80. The quantitative estimate of drug-likeness (QED) is 0.677. The molecular weight excluding hydrogens is 267 g/mol. The van der Waals surface area contributed by atoms with Gasteiger partial charge in [-0.15, -0.1) is 0 Å². The molecule has 4 heteroatoms. The molecule has 0 saturated heterocycles. The molecule has 0 amide bonds. The van der Waals surface area contributed by atoms with Gasteiger partial charge in [0.2, 0.25) is 0 Å². The predicted molar refractivity (Wildman–Crippen MR) is 72.9 cm³/mol. The molecule has 96 valence electrons. The van der Waals surface area contributed by atoms with Crippen LogP contribution in [0, 0.1) is 5.82 Å². The van der Waals surface area contributed by atoms with E-state index in [2.05, 4.69) is 0 Å². The number of rotatable bonds is 3. The van der Waals surface area contributed by atoms with Crippen LogP contribution in [0.4, 0.5) is 4.39 Å². The molecule has 0 saturated carbocycles. The molecule has 0 bridgehead atoms. The van der Waals surface area contributed by atoms with Gasteiger partial charge in [-0.2, -0.15) is 0 Å². The second-order valence-electron chi connectivity index (χ2n) is 3.88. The van der Waals surface area contributed by atoms with E-state index >= 15 is 0 Å². The molecule has 0 aliphatic heterocycles. The first kappa shape index (κ1) is 13.3. The van der Waals surface area contributed by atoms with Gasteiger partial charge in [-0.1, -0.05) is 29.8 Å². The molecule has 2 aromatic carbocycles. The Morgan fingerprint density at radius 3 is 2.63 bits per heavy atom. The van der Waals surface area contributed by atoms with E-state index in [1.54, 1.807) is 12.1 Å². The van der Waals surface area contributed by atoms with Gasteiger partial charge in [-0.25, -0.2) is 4.39 Å². The van der Waals surface area contributed by atoms with E-state index in [1.807, 2.05) is 0 Å². The predicted octanol–water partition coefficient (Wildman–Crippen LogP) is 4.08. The monoisotopic (exact) mass is 276 g/mol. The molecule has 0 atom stereocenters. The third-order valence-corrected chi connectivity index (χ3v) is 2.87. The lowest BCUT2D eigenvalue weighted by molar-refractivity contribution is 0.104. The molecular formula is C15H10ClFO2. The van der Waals surface area contributed by atoms with Gasteiger partial charge in [0.15, 0.2) is 5.78 Å². The molecule has 0 unspecified atom stereocenters. The molecule has 2 rings (SSSR count). The number of para-hydroxylation sites is 1. The van der Waals surface area contributed by atoms with Gasteiger partial charge in [-0.3, -0.25) is 4.79 Å². The molecule has 19 heavy (non-hydrogen) atoms. The molecule has 2 aromatic rings. The molecule has 0 spiro atoms. The van der Waals surface area contributed by atoms with E-state index in [0.29, 0.717) is 5.56 Å². The Morgan fingerprint density at radius 1 is 1.21 bits per heavy atom. The van der Waals surface area contributed by atoms with Crippen LogP contribution in [0.2, 0.25) is 5.02 Å². The summed E-state index contributed by atoms with van der Waals surface area (Å²) < 4.78 is 12.9. The van der Waals surface area contributed by atoms with Crippen LogP contribution in [0.15, 0.2) is 48.5 Å². The number of allylic oxidation sites excluding steroid dienone is 1.